The maximum atomic E-state index is 4.16. The summed E-state index contributed by atoms with van der Waals surface area (Å²) in [4.78, 5) is 4.16. The largest absolute Gasteiger partial charge is 0.341 e. The maximum Gasteiger partial charge on any atom is 0.125 e. The molecule has 2 nitrogen and oxygen atoms in total. The van der Waals surface area contributed by atoms with Gasteiger partial charge >= 0.3 is 0 Å². The molecule has 0 heterocycles. The highest BCUT2D eigenvalue weighted by Crippen LogP contribution is 2.09. The minimum absolute atomic E-state index is 0.816. The SMILES string of the molecule is C=C/C=N\C(=C/C)Nc1ccccc1. The summed E-state index contributed by atoms with van der Waals surface area (Å²) in [6.45, 7) is 5.51. The van der Waals surface area contributed by atoms with Gasteiger partial charge in [0, 0.05) is 11.9 Å². The molecule has 1 N–H and O–H groups in total. The molecular weight excluding hydrogens is 172 g/mol. The second-order valence-electron chi connectivity index (χ2n) is 2.68. The van der Waals surface area contributed by atoms with Gasteiger partial charge in [-0.2, -0.15) is 0 Å². The van der Waals surface area contributed by atoms with Crippen LogP contribution in [0.15, 0.2) is 59.9 Å². The van der Waals surface area contributed by atoms with E-state index in [-0.39, 0.29) is 0 Å². The van der Waals surface area contributed by atoms with Crippen LogP contribution in [0.25, 0.3) is 0 Å². The fourth-order valence-electron chi connectivity index (χ4n) is 0.981. The quantitative estimate of drug-likeness (QED) is 0.717. The van der Waals surface area contributed by atoms with Crippen LogP contribution in [-0.4, -0.2) is 6.21 Å². The molecule has 72 valence electrons. The normalized spacial score (nSPS) is 11.6. The lowest BCUT2D eigenvalue weighted by Gasteiger charge is -2.04. The van der Waals surface area contributed by atoms with Gasteiger partial charge in [0.2, 0.25) is 0 Å². The number of anilines is 1. The van der Waals surface area contributed by atoms with E-state index in [2.05, 4.69) is 16.9 Å². The third-order valence-electron chi connectivity index (χ3n) is 1.64. The van der Waals surface area contributed by atoms with Crippen LogP contribution in [0.5, 0.6) is 0 Å². The van der Waals surface area contributed by atoms with Crippen LogP contribution >= 0.6 is 0 Å². The van der Waals surface area contributed by atoms with E-state index < -0.39 is 0 Å². The van der Waals surface area contributed by atoms with Crippen molar-refractivity contribution in [2.45, 2.75) is 6.92 Å². The van der Waals surface area contributed by atoms with Gasteiger partial charge in [0.25, 0.3) is 0 Å². The standard InChI is InChI=1S/C12H14N2/c1-3-10-13-12(4-2)14-11-8-6-5-7-9-11/h3-10,14H,1H2,2H3/b12-4+,13-10-. The van der Waals surface area contributed by atoms with Crippen LogP contribution in [0.1, 0.15) is 6.92 Å². The minimum Gasteiger partial charge on any atom is -0.341 e. The smallest absolute Gasteiger partial charge is 0.125 e. The second kappa shape index (κ2) is 5.75. The molecule has 0 radical (unpaired) electrons. The Bertz CT molecular complexity index is 337. The molecule has 14 heavy (non-hydrogen) atoms. The number of aliphatic imine (C=N–C) groups is 1. The summed E-state index contributed by atoms with van der Waals surface area (Å²) in [6, 6.07) is 9.92. The van der Waals surface area contributed by atoms with Gasteiger partial charge in [-0.15, -0.1) is 0 Å². The Morgan fingerprint density at radius 1 is 1.36 bits per heavy atom. The predicted molar refractivity (Wildman–Crippen MR) is 62.5 cm³/mol. The third kappa shape index (κ3) is 3.27. The number of hydrogen-bond donors (Lipinski definition) is 1. The number of para-hydroxylation sites is 1. The molecule has 0 aromatic heterocycles. The summed E-state index contributed by atoms with van der Waals surface area (Å²) in [5.41, 5.74) is 1.03. The molecule has 0 unspecified atom stereocenters. The molecule has 0 aliphatic carbocycles. The van der Waals surface area contributed by atoms with Gasteiger partial charge in [-0.05, 0) is 25.1 Å². The molecule has 0 aliphatic rings. The van der Waals surface area contributed by atoms with E-state index in [1.807, 2.05) is 43.3 Å². The lowest BCUT2D eigenvalue weighted by molar-refractivity contribution is 1.29. The van der Waals surface area contributed by atoms with Crippen LogP contribution in [0, 0.1) is 0 Å². The van der Waals surface area contributed by atoms with Crippen molar-refractivity contribution < 1.29 is 0 Å². The molecule has 2 heteroatoms. The highest BCUT2D eigenvalue weighted by molar-refractivity contribution is 5.71. The Balaban J connectivity index is 2.67. The zero-order valence-corrected chi connectivity index (χ0v) is 8.27. The summed E-state index contributed by atoms with van der Waals surface area (Å²) in [5, 5.41) is 3.18. The average Bonchev–Trinajstić information content (AvgIpc) is 2.25. The van der Waals surface area contributed by atoms with E-state index in [9.17, 15) is 0 Å². The van der Waals surface area contributed by atoms with Gasteiger partial charge in [-0.3, -0.25) is 0 Å². The van der Waals surface area contributed by atoms with Gasteiger partial charge in [0.05, 0.1) is 0 Å². The lowest BCUT2D eigenvalue weighted by Crippen LogP contribution is -1.96. The molecule has 1 rings (SSSR count). The van der Waals surface area contributed by atoms with Crippen LogP contribution in [0.4, 0.5) is 5.69 Å². The number of nitrogens with zero attached hydrogens (tertiary/aromatic N) is 1. The molecular formula is C12H14N2. The monoisotopic (exact) mass is 186 g/mol. The summed E-state index contributed by atoms with van der Waals surface area (Å²) < 4.78 is 0. The first-order chi connectivity index (χ1) is 6.86. The fourth-order valence-corrected chi connectivity index (χ4v) is 0.981. The zero-order chi connectivity index (χ0) is 10.2. The van der Waals surface area contributed by atoms with Gasteiger partial charge in [-0.25, -0.2) is 4.99 Å². The summed E-state index contributed by atoms with van der Waals surface area (Å²) in [6.07, 6.45) is 5.22. The number of rotatable bonds is 4. The fraction of sp³-hybridized carbons (Fsp3) is 0.0833. The number of nitrogens with one attached hydrogen (secondary N) is 1. The zero-order valence-electron chi connectivity index (χ0n) is 8.27. The molecule has 0 spiro atoms. The van der Waals surface area contributed by atoms with Gasteiger partial charge in [-0.1, -0.05) is 30.9 Å². The number of benzene rings is 1. The highest BCUT2D eigenvalue weighted by atomic mass is 15.0. The molecule has 0 saturated carbocycles. The Hall–Kier alpha value is -1.83. The Morgan fingerprint density at radius 2 is 2.07 bits per heavy atom. The predicted octanol–water partition coefficient (Wildman–Crippen LogP) is 3.22. The average molecular weight is 186 g/mol. The summed E-state index contributed by atoms with van der Waals surface area (Å²) in [5.74, 6) is 0.816. The van der Waals surface area contributed by atoms with Crippen molar-refractivity contribution in [3.63, 3.8) is 0 Å². The first-order valence-corrected chi connectivity index (χ1v) is 4.50. The van der Waals surface area contributed by atoms with Crippen molar-refractivity contribution in [2.24, 2.45) is 4.99 Å². The van der Waals surface area contributed by atoms with E-state index in [1.54, 1.807) is 12.3 Å². The topological polar surface area (TPSA) is 24.4 Å². The Morgan fingerprint density at radius 3 is 2.64 bits per heavy atom. The maximum absolute atomic E-state index is 4.16. The van der Waals surface area contributed by atoms with E-state index >= 15 is 0 Å². The van der Waals surface area contributed by atoms with Crippen LogP contribution < -0.4 is 5.32 Å². The van der Waals surface area contributed by atoms with Crippen molar-refractivity contribution in [1.82, 2.24) is 0 Å². The van der Waals surface area contributed by atoms with Crippen molar-refractivity contribution >= 4 is 11.9 Å². The van der Waals surface area contributed by atoms with Crippen LogP contribution in [-0.2, 0) is 0 Å². The van der Waals surface area contributed by atoms with Gasteiger partial charge < -0.3 is 5.32 Å². The molecule has 0 saturated heterocycles. The third-order valence-corrected chi connectivity index (χ3v) is 1.64. The number of hydrogen-bond acceptors (Lipinski definition) is 2. The Labute approximate surface area is 84.7 Å². The van der Waals surface area contributed by atoms with E-state index in [0.717, 1.165) is 11.5 Å². The molecule has 1 aromatic carbocycles. The van der Waals surface area contributed by atoms with Gasteiger partial charge in [0.15, 0.2) is 0 Å². The molecule has 0 fully saturated rings. The highest BCUT2D eigenvalue weighted by Gasteiger charge is 1.91. The minimum atomic E-state index is 0.816. The van der Waals surface area contributed by atoms with Crippen LogP contribution in [0.2, 0.25) is 0 Å². The van der Waals surface area contributed by atoms with Crippen molar-refractivity contribution in [2.75, 3.05) is 5.32 Å². The van der Waals surface area contributed by atoms with E-state index in [4.69, 9.17) is 0 Å². The lowest BCUT2D eigenvalue weighted by atomic mass is 10.3. The second-order valence-corrected chi connectivity index (χ2v) is 2.68. The van der Waals surface area contributed by atoms with Crippen molar-refractivity contribution in [3.05, 3.63) is 54.9 Å². The summed E-state index contributed by atoms with van der Waals surface area (Å²) >= 11 is 0. The molecule has 1 aromatic rings. The first-order valence-electron chi connectivity index (χ1n) is 4.50. The van der Waals surface area contributed by atoms with Crippen LogP contribution in [0.3, 0.4) is 0 Å². The molecule has 0 amide bonds. The Kier molecular flexibility index (Phi) is 4.21. The molecule has 0 atom stereocenters. The molecule has 0 aliphatic heterocycles. The van der Waals surface area contributed by atoms with Crippen molar-refractivity contribution in [1.29, 1.82) is 0 Å². The van der Waals surface area contributed by atoms with E-state index in [1.165, 1.54) is 0 Å². The summed E-state index contributed by atoms with van der Waals surface area (Å²) in [7, 11) is 0. The van der Waals surface area contributed by atoms with E-state index in [0.29, 0.717) is 0 Å². The molecule has 0 bridgehead atoms. The van der Waals surface area contributed by atoms with Crippen molar-refractivity contribution in [3.8, 4) is 0 Å². The number of allylic oxidation sites excluding steroid dienone is 2. The van der Waals surface area contributed by atoms with Gasteiger partial charge in [0.1, 0.15) is 5.82 Å². The first kappa shape index (κ1) is 10.3.